The highest BCUT2D eigenvalue weighted by atomic mass is 127. The van der Waals surface area contributed by atoms with Crippen molar-refractivity contribution < 1.29 is 23.7 Å². The lowest BCUT2D eigenvalue weighted by atomic mass is 9.64. The number of hydrogen-bond acceptors (Lipinski definition) is 5. The highest BCUT2D eigenvalue weighted by Crippen LogP contribution is 2.53. The number of ketones is 1. The molecule has 1 unspecified atom stereocenters. The molecule has 3 atom stereocenters. The van der Waals surface area contributed by atoms with E-state index in [0.717, 1.165) is 36.3 Å². The number of halogens is 1. The molecule has 0 aromatic heterocycles. The van der Waals surface area contributed by atoms with Crippen LogP contribution < -0.4 is 9.47 Å². The Balaban J connectivity index is 2.62. The van der Waals surface area contributed by atoms with E-state index in [9.17, 15) is 4.79 Å². The lowest BCUT2D eigenvalue weighted by molar-refractivity contribution is -0.121. The molecule has 31 heavy (non-hydrogen) atoms. The maximum Gasteiger partial charge on any atom is 0.188 e. The predicted molar refractivity (Wildman–Crippen MR) is 132 cm³/mol. The van der Waals surface area contributed by atoms with Gasteiger partial charge in [-0.25, -0.2) is 0 Å². The minimum Gasteiger partial charge on any atom is -0.467 e. The van der Waals surface area contributed by atoms with Crippen molar-refractivity contribution >= 4 is 28.4 Å². The second-order valence-corrected chi connectivity index (χ2v) is 10.8. The number of unbranched alkanes of at least 4 members (excludes halogenated alkanes) is 2. The number of alkyl halides is 1. The first kappa shape index (κ1) is 26.4. The van der Waals surface area contributed by atoms with Gasteiger partial charge < -0.3 is 18.9 Å². The number of carbonyl (C=O) groups is 1. The van der Waals surface area contributed by atoms with Gasteiger partial charge in [-0.15, -0.1) is 0 Å². The van der Waals surface area contributed by atoms with Gasteiger partial charge in [0.1, 0.15) is 17.3 Å². The zero-order valence-corrected chi connectivity index (χ0v) is 22.1. The van der Waals surface area contributed by atoms with Crippen molar-refractivity contribution in [2.45, 2.75) is 76.1 Å². The van der Waals surface area contributed by atoms with Crippen molar-refractivity contribution in [3.05, 3.63) is 23.3 Å². The smallest absolute Gasteiger partial charge is 0.188 e. The van der Waals surface area contributed by atoms with Crippen LogP contribution in [0.4, 0.5) is 0 Å². The summed E-state index contributed by atoms with van der Waals surface area (Å²) < 4.78 is 22.5. The normalized spacial score (nSPS) is 21.9. The van der Waals surface area contributed by atoms with E-state index in [1.807, 2.05) is 0 Å². The first-order valence-corrected chi connectivity index (χ1v) is 12.6. The number of hydrogen-bond donors (Lipinski definition) is 0. The van der Waals surface area contributed by atoms with Crippen molar-refractivity contribution in [1.82, 2.24) is 0 Å². The molecule has 1 aromatic carbocycles. The topological polar surface area (TPSA) is 54.0 Å². The van der Waals surface area contributed by atoms with Gasteiger partial charge in [-0.3, -0.25) is 4.79 Å². The Morgan fingerprint density at radius 2 is 1.61 bits per heavy atom. The molecular weight excluding hydrogens is 507 g/mol. The molecule has 0 heterocycles. The van der Waals surface area contributed by atoms with Crippen molar-refractivity contribution in [3.8, 4) is 11.5 Å². The van der Waals surface area contributed by atoms with Crippen molar-refractivity contribution in [1.29, 1.82) is 0 Å². The number of benzene rings is 1. The molecule has 1 aliphatic carbocycles. The van der Waals surface area contributed by atoms with Crippen LogP contribution in [-0.2, 0) is 20.7 Å². The number of aryl methyl sites for hydroxylation is 1. The van der Waals surface area contributed by atoms with Crippen molar-refractivity contribution in [2.24, 2.45) is 11.3 Å². The predicted octanol–water partition coefficient (Wildman–Crippen LogP) is 6.30. The van der Waals surface area contributed by atoms with E-state index in [1.165, 1.54) is 18.4 Å². The fourth-order valence-corrected chi connectivity index (χ4v) is 5.70. The molecule has 6 heteroatoms. The van der Waals surface area contributed by atoms with Crippen LogP contribution in [0.25, 0.3) is 0 Å². The fraction of sp³-hybridized carbons (Fsp3) is 0.720. The number of Topliss-reactive ketones (excluding diaryl/α,β-unsaturated/α-hetero) is 1. The molecule has 2 rings (SSSR count). The van der Waals surface area contributed by atoms with Gasteiger partial charge in [-0.05, 0) is 48.3 Å². The third-order valence-electron chi connectivity index (χ3n) is 6.10. The average molecular weight is 546 g/mol. The molecule has 1 saturated carbocycles. The van der Waals surface area contributed by atoms with Crippen molar-refractivity contribution in [2.75, 3.05) is 27.8 Å². The van der Waals surface area contributed by atoms with Gasteiger partial charge >= 0.3 is 0 Å². The Morgan fingerprint density at radius 3 is 2.10 bits per heavy atom. The Bertz CT molecular complexity index is 683. The van der Waals surface area contributed by atoms with Gasteiger partial charge in [0.05, 0.1) is 3.92 Å². The number of methoxy groups -OCH3 is 2. The molecule has 5 nitrogen and oxygen atoms in total. The molecule has 0 spiro atoms. The molecule has 0 amide bonds. The minimum absolute atomic E-state index is 0.00486. The summed E-state index contributed by atoms with van der Waals surface area (Å²) in [6.07, 6.45) is 5.93. The number of ether oxygens (including phenoxy) is 4. The van der Waals surface area contributed by atoms with Crippen LogP contribution in [0.15, 0.2) is 12.1 Å². The van der Waals surface area contributed by atoms with Crippen LogP contribution in [0, 0.1) is 11.3 Å². The number of rotatable bonds is 11. The SMILES string of the molecule is CCCCCc1cc(OCOC)c([C@@H]2C(I)C(=O)CC[C@H]2C(C)(C)C)c(OCOC)c1. The largest absolute Gasteiger partial charge is 0.467 e. The van der Waals surface area contributed by atoms with E-state index in [-0.39, 0.29) is 28.8 Å². The Kier molecular flexibility index (Phi) is 10.6. The standard InChI is InChI=1S/C25H39IO5/c1-7-8-9-10-17-13-20(30-15-28-5)23(21(14-17)31-16-29-6)22-18(25(2,3)4)11-12-19(27)24(22)26/h13-14,18,22,24H,7-12,15-16H2,1-6H3/t18-,22-,24?/m1/s1. The molecular formula is C25H39IO5. The van der Waals surface area contributed by atoms with E-state index in [2.05, 4.69) is 62.4 Å². The Labute approximate surface area is 201 Å². The van der Waals surface area contributed by atoms with Crippen LogP contribution >= 0.6 is 22.6 Å². The van der Waals surface area contributed by atoms with Gasteiger partial charge in [0.15, 0.2) is 13.6 Å². The van der Waals surface area contributed by atoms with Crippen molar-refractivity contribution in [3.63, 3.8) is 0 Å². The molecule has 0 saturated heterocycles. The van der Waals surface area contributed by atoms with Gasteiger partial charge in [-0.1, -0.05) is 63.1 Å². The monoisotopic (exact) mass is 546 g/mol. The molecule has 0 radical (unpaired) electrons. The van der Waals surface area contributed by atoms with Gasteiger partial charge in [0.2, 0.25) is 0 Å². The van der Waals surface area contributed by atoms with Gasteiger partial charge in [0.25, 0.3) is 0 Å². The van der Waals surface area contributed by atoms with Crippen LogP contribution in [0.1, 0.15) is 76.8 Å². The maximum absolute atomic E-state index is 12.8. The zero-order valence-electron chi connectivity index (χ0n) is 20.0. The van der Waals surface area contributed by atoms with Crippen LogP contribution in [0.5, 0.6) is 11.5 Å². The maximum atomic E-state index is 12.8. The molecule has 0 aliphatic heterocycles. The highest BCUT2D eigenvalue weighted by molar-refractivity contribution is 14.1. The summed E-state index contributed by atoms with van der Waals surface area (Å²) in [4.78, 5) is 12.8. The van der Waals surface area contributed by atoms with Crippen LogP contribution in [0.2, 0.25) is 0 Å². The van der Waals surface area contributed by atoms with E-state index in [1.54, 1.807) is 14.2 Å². The summed E-state index contributed by atoms with van der Waals surface area (Å²) in [6, 6.07) is 4.23. The summed E-state index contributed by atoms with van der Waals surface area (Å²) in [5.74, 6) is 2.15. The quantitative estimate of drug-likeness (QED) is 0.141. The van der Waals surface area contributed by atoms with Gasteiger partial charge in [0, 0.05) is 32.1 Å². The molecule has 1 fully saturated rings. The summed E-state index contributed by atoms with van der Waals surface area (Å²) in [6.45, 7) is 9.29. The Morgan fingerprint density at radius 1 is 1.03 bits per heavy atom. The fourth-order valence-electron chi connectivity index (χ4n) is 4.53. The third kappa shape index (κ3) is 7.06. The lowest BCUT2D eigenvalue weighted by Gasteiger charge is -2.43. The van der Waals surface area contributed by atoms with E-state index in [0.29, 0.717) is 18.1 Å². The second-order valence-electron chi connectivity index (χ2n) is 9.47. The molecule has 1 aliphatic rings. The Hall–Kier alpha value is -0.860. The lowest BCUT2D eigenvalue weighted by Crippen LogP contribution is -2.40. The third-order valence-corrected chi connectivity index (χ3v) is 7.57. The van der Waals surface area contributed by atoms with Crippen LogP contribution in [-0.4, -0.2) is 37.5 Å². The summed E-state index contributed by atoms with van der Waals surface area (Å²) in [7, 11) is 3.24. The first-order valence-electron chi connectivity index (χ1n) is 11.3. The molecule has 0 N–H and O–H groups in total. The molecule has 0 bridgehead atoms. The molecule has 1 aromatic rings. The number of carbonyl (C=O) groups excluding carboxylic acids is 1. The van der Waals surface area contributed by atoms with Gasteiger partial charge in [-0.2, -0.15) is 0 Å². The summed E-state index contributed by atoms with van der Waals surface area (Å²) in [5, 5.41) is 0. The second kappa shape index (κ2) is 12.4. The van der Waals surface area contributed by atoms with E-state index in [4.69, 9.17) is 18.9 Å². The summed E-state index contributed by atoms with van der Waals surface area (Å²) in [5.41, 5.74) is 2.20. The minimum atomic E-state index is -0.128. The first-order chi connectivity index (χ1) is 14.7. The molecule has 176 valence electrons. The highest BCUT2D eigenvalue weighted by Gasteiger charge is 2.45. The van der Waals surface area contributed by atoms with E-state index < -0.39 is 0 Å². The van der Waals surface area contributed by atoms with Crippen LogP contribution in [0.3, 0.4) is 0 Å². The van der Waals surface area contributed by atoms with E-state index >= 15 is 0 Å². The zero-order chi connectivity index (χ0) is 23.0. The summed E-state index contributed by atoms with van der Waals surface area (Å²) >= 11 is 2.33. The average Bonchev–Trinajstić information content (AvgIpc) is 2.72.